The van der Waals surface area contributed by atoms with Crippen LogP contribution in [0.2, 0.25) is 0 Å². The van der Waals surface area contributed by atoms with E-state index in [1.807, 2.05) is 16.8 Å². The Morgan fingerprint density at radius 3 is 2.70 bits per heavy atom. The standard InChI is InChI=1S/C16H27BrN2O/c1-4-6-7-8-9-13(3)18-16(20)15-11-14(17)12-19(15)10-5-2/h11-13H,4-10H2,1-3H3,(H,18,20). The second-order valence-corrected chi connectivity index (χ2v) is 6.38. The molecule has 0 saturated carbocycles. The summed E-state index contributed by atoms with van der Waals surface area (Å²) >= 11 is 3.45. The van der Waals surface area contributed by atoms with Crippen LogP contribution < -0.4 is 5.32 Å². The third-order valence-electron chi connectivity index (χ3n) is 3.43. The molecule has 1 rings (SSSR count). The molecule has 1 N–H and O–H groups in total. The molecule has 20 heavy (non-hydrogen) atoms. The summed E-state index contributed by atoms with van der Waals surface area (Å²) in [4.78, 5) is 12.3. The van der Waals surface area contributed by atoms with Gasteiger partial charge < -0.3 is 9.88 Å². The smallest absolute Gasteiger partial charge is 0.268 e. The summed E-state index contributed by atoms with van der Waals surface area (Å²) in [6.07, 6.45) is 9.04. The van der Waals surface area contributed by atoms with Crippen LogP contribution in [0.1, 0.15) is 69.8 Å². The molecule has 0 saturated heterocycles. The number of halogens is 1. The van der Waals surface area contributed by atoms with Crippen LogP contribution in [0, 0.1) is 0 Å². The highest BCUT2D eigenvalue weighted by atomic mass is 79.9. The van der Waals surface area contributed by atoms with Gasteiger partial charge in [0.1, 0.15) is 5.69 Å². The zero-order valence-electron chi connectivity index (χ0n) is 12.9. The minimum Gasteiger partial charge on any atom is -0.348 e. The molecule has 0 bridgehead atoms. The van der Waals surface area contributed by atoms with Crippen molar-refractivity contribution in [2.75, 3.05) is 0 Å². The van der Waals surface area contributed by atoms with E-state index in [4.69, 9.17) is 0 Å². The first-order chi connectivity index (χ1) is 9.58. The van der Waals surface area contributed by atoms with Gasteiger partial charge in [0.15, 0.2) is 0 Å². The normalized spacial score (nSPS) is 12.4. The van der Waals surface area contributed by atoms with Gasteiger partial charge in [-0.25, -0.2) is 0 Å². The first kappa shape index (κ1) is 17.3. The van der Waals surface area contributed by atoms with E-state index in [1.54, 1.807) is 0 Å². The van der Waals surface area contributed by atoms with Gasteiger partial charge in [0.2, 0.25) is 0 Å². The van der Waals surface area contributed by atoms with E-state index in [0.29, 0.717) is 0 Å². The van der Waals surface area contributed by atoms with E-state index < -0.39 is 0 Å². The lowest BCUT2D eigenvalue weighted by molar-refractivity contribution is 0.0928. The van der Waals surface area contributed by atoms with Crippen LogP contribution in [0.5, 0.6) is 0 Å². The predicted octanol–water partition coefficient (Wildman–Crippen LogP) is 4.75. The molecule has 0 radical (unpaired) electrons. The molecule has 0 aliphatic heterocycles. The lowest BCUT2D eigenvalue weighted by atomic mass is 10.1. The van der Waals surface area contributed by atoms with Crippen LogP contribution in [-0.2, 0) is 6.54 Å². The second-order valence-electron chi connectivity index (χ2n) is 5.46. The molecule has 1 atom stereocenters. The van der Waals surface area contributed by atoms with E-state index in [9.17, 15) is 4.79 Å². The summed E-state index contributed by atoms with van der Waals surface area (Å²) in [7, 11) is 0. The summed E-state index contributed by atoms with van der Waals surface area (Å²) in [5, 5.41) is 3.10. The quantitative estimate of drug-likeness (QED) is 0.645. The molecule has 3 nitrogen and oxygen atoms in total. The molecule has 0 spiro atoms. The topological polar surface area (TPSA) is 34.0 Å². The number of aromatic nitrogens is 1. The van der Waals surface area contributed by atoms with Crippen LogP contribution in [0.4, 0.5) is 0 Å². The Bertz CT molecular complexity index is 415. The number of aryl methyl sites for hydroxylation is 1. The summed E-state index contributed by atoms with van der Waals surface area (Å²) in [5.41, 5.74) is 0.749. The number of hydrogen-bond acceptors (Lipinski definition) is 1. The van der Waals surface area contributed by atoms with Crippen molar-refractivity contribution in [2.45, 2.75) is 71.9 Å². The minimum atomic E-state index is 0.0344. The van der Waals surface area contributed by atoms with E-state index in [2.05, 4.69) is 42.0 Å². The molecule has 1 heterocycles. The van der Waals surface area contributed by atoms with Crippen molar-refractivity contribution in [3.8, 4) is 0 Å². The van der Waals surface area contributed by atoms with Crippen molar-refractivity contribution in [1.29, 1.82) is 0 Å². The average Bonchev–Trinajstić information content (AvgIpc) is 2.76. The Morgan fingerprint density at radius 1 is 1.30 bits per heavy atom. The van der Waals surface area contributed by atoms with Crippen molar-refractivity contribution in [2.24, 2.45) is 0 Å². The van der Waals surface area contributed by atoms with Crippen LogP contribution in [0.15, 0.2) is 16.7 Å². The molecule has 0 aliphatic rings. The van der Waals surface area contributed by atoms with Crippen LogP contribution in [-0.4, -0.2) is 16.5 Å². The molecule has 0 aromatic carbocycles. The Morgan fingerprint density at radius 2 is 2.05 bits per heavy atom. The third kappa shape index (κ3) is 5.70. The van der Waals surface area contributed by atoms with Gasteiger partial charge in [0, 0.05) is 23.3 Å². The zero-order chi connectivity index (χ0) is 15.0. The number of hydrogen-bond donors (Lipinski definition) is 1. The van der Waals surface area contributed by atoms with Gasteiger partial charge in [-0.05, 0) is 41.8 Å². The fourth-order valence-corrected chi connectivity index (χ4v) is 2.80. The fourth-order valence-electron chi connectivity index (χ4n) is 2.34. The monoisotopic (exact) mass is 342 g/mol. The highest BCUT2D eigenvalue weighted by Gasteiger charge is 2.14. The SMILES string of the molecule is CCCCCCC(C)NC(=O)c1cc(Br)cn1CCC. The second kappa shape index (κ2) is 9.22. The van der Waals surface area contributed by atoms with Crippen molar-refractivity contribution in [3.63, 3.8) is 0 Å². The van der Waals surface area contributed by atoms with Crippen LogP contribution >= 0.6 is 15.9 Å². The van der Waals surface area contributed by atoms with E-state index >= 15 is 0 Å². The molecule has 0 fully saturated rings. The van der Waals surface area contributed by atoms with Gasteiger partial charge in [0.25, 0.3) is 5.91 Å². The Labute approximate surface area is 131 Å². The van der Waals surface area contributed by atoms with E-state index in [1.165, 1.54) is 25.7 Å². The summed E-state index contributed by atoms with van der Waals surface area (Å²) in [6.45, 7) is 7.29. The lowest BCUT2D eigenvalue weighted by Crippen LogP contribution is -2.33. The molecule has 1 amide bonds. The highest BCUT2D eigenvalue weighted by molar-refractivity contribution is 9.10. The van der Waals surface area contributed by atoms with Crippen molar-refractivity contribution in [1.82, 2.24) is 9.88 Å². The predicted molar refractivity (Wildman–Crippen MR) is 88.1 cm³/mol. The van der Waals surface area contributed by atoms with E-state index in [0.717, 1.165) is 29.6 Å². The number of nitrogens with zero attached hydrogens (tertiary/aromatic N) is 1. The number of carbonyl (C=O) groups is 1. The third-order valence-corrected chi connectivity index (χ3v) is 3.86. The number of rotatable bonds is 9. The summed E-state index contributed by atoms with van der Waals surface area (Å²) < 4.78 is 2.98. The molecule has 1 aromatic rings. The average molecular weight is 343 g/mol. The zero-order valence-corrected chi connectivity index (χ0v) is 14.5. The first-order valence-corrected chi connectivity index (χ1v) is 8.54. The lowest BCUT2D eigenvalue weighted by Gasteiger charge is -2.15. The molecule has 1 aromatic heterocycles. The molecular formula is C16H27BrN2O. The largest absolute Gasteiger partial charge is 0.348 e. The number of carbonyl (C=O) groups excluding carboxylic acids is 1. The molecule has 1 unspecified atom stereocenters. The van der Waals surface area contributed by atoms with Crippen LogP contribution in [0.25, 0.3) is 0 Å². The van der Waals surface area contributed by atoms with E-state index in [-0.39, 0.29) is 11.9 Å². The molecule has 0 aliphatic carbocycles. The van der Waals surface area contributed by atoms with Crippen molar-refractivity contribution >= 4 is 21.8 Å². The fraction of sp³-hybridized carbons (Fsp3) is 0.688. The Balaban J connectivity index is 2.49. The summed E-state index contributed by atoms with van der Waals surface area (Å²) in [5.74, 6) is 0.0344. The van der Waals surface area contributed by atoms with Gasteiger partial charge in [-0.3, -0.25) is 4.79 Å². The number of amides is 1. The van der Waals surface area contributed by atoms with Crippen molar-refractivity contribution < 1.29 is 4.79 Å². The Hall–Kier alpha value is -0.770. The number of unbranched alkanes of at least 4 members (excludes halogenated alkanes) is 3. The maximum absolute atomic E-state index is 12.3. The van der Waals surface area contributed by atoms with Crippen molar-refractivity contribution in [3.05, 3.63) is 22.4 Å². The number of nitrogens with one attached hydrogen (secondary N) is 1. The minimum absolute atomic E-state index is 0.0344. The highest BCUT2D eigenvalue weighted by Crippen LogP contribution is 2.16. The van der Waals surface area contributed by atoms with Gasteiger partial charge in [-0.1, -0.05) is 39.5 Å². The van der Waals surface area contributed by atoms with Crippen LogP contribution in [0.3, 0.4) is 0 Å². The van der Waals surface area contributed by atoms with Gasteiger partial charge in [0.05, 0.1) is 0 Å². The molecule has 114 valence electrons. The van der Waals surface area contributed by atoms with Gasteiger partial charge in [-0.15, -0.1) is 0 Å². The van der Waals surface area contributed by atoms with Gasteiger partial charge >= 0.3 is 0 Å². The summed E-state index contributed by atoms with van der Waals surface area (Å²) in [6, 6.07) is 2.14. The maximum Gasteiger partial charge on any atom is 0.268 e. The molecule has 4 heteroatoms. The van der Waals surface area contributed by atoms with Gasteiger partial charge in [-0.2, -0.15) is 0 Å². The first-order valence-electron chi connectivity index (χ1n) is 7.75. The molecular weight excluding hydrogens is 316 g/mol. The Kier molecular flexibility index (Phi) is 7.97. The maximum atomic E-state index is 12.3.